The van der Waals surface area contributed by atoms with E-state index in [-0.39, 0.29) is 18.0 Å². The number of nitrogens with one attached hydrogen (secondary N) is 1. The lowest BCUT2D eigenvalue weighted by atomic mass is 9.91. The Morgan fingerprint density at radius 2 is 1.79 bits per heavy atom. The van der Waals surface area contributed by atoms with Gasteiger partial charge in [0.05, 0.1) is 12.2 Å². The summed E-state index contributed by atoms with van der Waals surface area (Å²) < 4.78 is 1.45. The predicted octanol–water partition coefficient (Wildman–Crippen LogP) is 2.28. The lowest BCUT2D eigenvalue weighted by molar-refractivity contribution is -0.131. The van der Waals surface area contributed by atoms with Crippen molar-refractivity contribution >= 4 is 17.6 Å². The van der Waals surface area contributed by atoms with Crippen LogP contribution in [0.25, 0.3) is 5.65 Å². The van der Waals surface area contributed by atoms with Crippen LogP contribution in [0.3, 0.4) is 0 Å². The van der Waals surface area contributed by atoms with E-state index in [1.807, 2.05) is 44.2 Å². The number of fused-ring (bicyclic) bond motifs is 1. The fourth-order valence-electron chi connectivity index (χ4n) is 3.47. The third-order valence-corrected chi connectivity index (χ3v) is 5.16. The molecule has 0 radical (unpaired) electrons. The lowest BCUT2D eigenvalue weighted by Gasteiger charge is -2.22. The highest BCUT2D eigenvalue weighted by Crippen LogP contribution is 2.29. The summed E-state index contributed by atoms with van der Waals surface area (Å²) in [5, 5.41) is 2.78. The van der Waals surface area contributed by atoms with Crippen LogP contribution >= 0.6 is 0 Å². The average molecular weight is 376 g/mol. The van der Waals surface area contributed by atoms with Crippen molar-refractivity contribution in [1.82, 2.24) is 19.6 Å². The van der Waals surface area contributed by atoms with Crippen molar-refractivity contribution in [3.8, 4) is 0 Å². The van der Waals surface area contributed by atoms with Gasteiger partial charge >= 0.3 is 6.03 Å². The van der Waals surface area contributed by atoms with Gasteiger partial charge < -0.3 is 5.32 Å². The number of carbonyl (C=O) groups excluding carboxylic acids is 2. The summed E-state index contributed by atoms with van der Waals surface area (Å²) in [4.78, 5) is 43.6. The Morgan fingerprint density at radius 3 is 2.50 bits per heavy atom. The molecule has 142 valence electrons. The van der Waals surface area contributed by atoms with Gasteiger partial charge in [-0.05, 0) is 38.0 Å². The van der Waals surface area contributed by atoms with Crippen LogP contribution < -0.4 is 10.9 Å². The zero-order valence-electron chi connectivity index (χ0n) is 15.9. The first-order valence-corrected chi connectivity index (χ1v) is 8.99. The summed E-state index contributed by atoms with van der Waals surface area (Å²) >= 11 is 0. The SMILES string of the molecule is Cc1ccc(C2(C)NC(=O)N(Cc3cc(=O)n4cccc(C)c4n3)C2=O)cc1. The zero-order chi connectivity index (χ0) is 20.1. The molecule has 1 N–H and O–H groups in total. The minimum absolute atomic E-state index is 0.0633. The number of aryl methyl sites for hydroxylation is 2. The van der Waals surface area contributed by atoms with Crippen molar-refractivity contribution in [3.05, 3.63) is 81.4 Å². The van der Waals surface area contributed by atoms with E-state index in [4.69, 9.17) is 0 Å². The first-order valence-electron chi connectivity index (χ1n) is 8.99. The highest BCUT2D eigenvalue weighted by molar-refractivity contribution is 6.07. The number of urea groups is 1. The quantitative estimate of drug-likeness (QED) is 0.711. The summed E-state index contributed by atoms with van der Waals surface area (Å²) in [5.41, 5.74) is 2.10. The number of nitrogens with zero attached hydrogens (tertiary/aromatic N) is 3. The van der Waals surface area contributed by atoms with Gasteiger partial charge in [0.15, 0.2) is 0 Å². The van der Waals surface area contributed by atoms with Crippen LogP contribution in [0.4, 0.5) is 4.79 Å². The number of imide groups is 1. The fourth-order valence-corrected chi connectivity index (χ4v) is 3.47. The van der Waals surface area contributed by atoms with Crippen molar-refractivity contribution in [2.45, 2.75) is 32.9 Å². The number of hydrogen-bond acceptors (Lipinski definition) is 4. The number of benzene rings is 1. The standard InChI is InChI=1S/C21H20N4O3/c1-13-6-8-15(9-7-13)21(3)19(27)25(20(28)23-21)12-16-11-17(26)24-10-4-5-14(2)18(24)22-16/h4-11H,12H2,1-3H3,(H,23,28). The van der Waals surface area contributed by atoms with Gasteiger partial charge in [-0.1, -0.05) is 35.9 Å². The number of hydrogen-bond donors (Lipinski definition) is 1. The van der Waals surface area contributed by atoms with Crippen LogP contribution in [-0.2, 0) is 16.9 Å². The Hall–Kier alpha value is -3.48. The molecule has 1 aliphatic heterocycles. The Labute approximate surface area is 161 Å². The molecule has 1 unspecified atom stereocenters. The molecular weight excluding hydrogens is 356 g/mol. The van der Waals surface area contributed by atoms with Gasteiger partial charge in [-0.15, -0.1) is 0 Å². The van der Waals surface area contributed by atoms with Crippen LogP contribution in [0.2, 0.25) is 0 Å². The molecule has 0 bridgehead atoms. The van der Waals surface area contributed by atoms with E-state index < -0.39 is 11.6 Å². The summed E-state index contributed by atoms with van der Waals surface area (Å²) in [6.07, 6.45) is 1.64. The van der Waals surface area contributed by atoms with Gasteiger partial charge in [0.2, 0.25) is 0 Å². The molecule has 1 saturated heterocycles. The number of rotatable bonds is 3. The van der Waals surface area contributed by atoms with Gasteiger partial charge in [-0.2, -0.15) is 0 Å². The third kappa shape index (κ3) is 2.76. The zero-order valence-corrected chi connectivity index (χ0v) is 15.9. The van der Waals surface area contributed by atoms with E-state index in [9.17, 15) is 14.4 Å². The van der Waals surface area contributed by atoms with Crippen molar-refractivity contribution in [2.75, 3.05) is 0 Å². The molecule has 1 aliphatic rings. The predicted molar refractivity (Wildman–Crippen MR) is 104 cm³/mol. The highest BCUT2D eigenvalue weighted by Gasteiger charge is 2.49. The van der Waals surface area contributed by atoms with Crippen LogP contribution in [0.15, 0.2) is 53.5 Å². The second-order valence-electron chi connectivity index (χ2n) is 7.28. The van der Waals surface area contributed by atoms with Crippen LogP contribution in [-0.4, -0.2) is 26.2 Å². The molecule has 2 aromatic heterocycles. The highest BCUT2D eigenvalue weighted by atomic mass is 16.2. The van der Waals surface area contributed by atoms with Crippen molar-refractivity contribution in [1.29, 1.82) is 0 Å². The molecule has 0 saturated carbocycles. The van der Waals surface area contributed by atoms with Crippen molar-refractivity contribution < 1.29 is 9.59 Å². The maximum absolute atomic E-state index is 13.1. The lowest BCUT2D eigenvalue weighted by Crippen LogP contribution is -2.40. The number of amides is 3. The monoisotopic (exact) mass is 376 g/mol. The number of carbonyl (C=O) groups is 2. The largest absolute Gasteiger partial charge is 0.325 e. The molecule has 3 amide bonds. The summed E-state index contributed by atoms with van der Waals surface area (Å²) in [6, 6.07) is 12.0. The van der Waals surface area contributed by atoms with E-state index in [2.05, 4.69) is 10.3 Å². The normalized spacial score (nSPS) is 19.3. The second kappa shape index (κ2) is 6.30. The molecule has 1 fully saturated rings. The van der Waals surface area contributed by atoms with E-state index in [0.717, 1.165) is 16.0 Å². The van der Waals surface area contributed by atoms with Crippen LogP contribution in [0.1, 0.15) is 29.3 Å². The maximum atomic E-state index is 13.1. The van der Waals surface area contributed by atoms with E-state index in [1.54, 1.807) is 19.2 Å². The minimum Gasteiger partial charge on any atom is -0.319 e. The molecule has 3 heterocycles. The van der Waals surface area contributed by atoms with Crippen LogP contribution in [0, 0.1) is 13.8 Å². The minimum atomic E-state index is -1.15. The Bertz CT molecular complexity index is 1170. The molecule has 1 aromatic carbocycles. The van der Waals surface area contributed by atoms with E-state index >= 15 is 0 Å². The van der Waals surface area contributed by atoms with Gasteiger partial charge in [0.1, 0.15) is 11.2 Å². The molecule has 7 heteroatoms. The van der Waals surface area contributed by atoms with Crippen molar-refractivity contribution in [2.24, 2.45) is 0 Å². The molecule has 28 heavy (non-hydrogen) atoms. The maximum Gasteiger partial charge on any atom is 0.325 e. The Morgan fingerprint density at radius 1 is 1.07 bits per heavy atom. The molecule has 1 atom stereocenters. The average Bonchev–Trinajstić information content (AvgIpc) is 2.87. The third-order valence-electron chi connectivity index (χ3n) is 5.16. The van der Waals surface area contributed by atoms with Gasteiger partial charge in [0, 0.05) is 12.3 Å². The van der Waals surface area contributed by atoms with Crippen molar-refractivity contribution in [3.63, 3.8) is 0 Å². The van der Waals surface area contributed by atoms with Gasteiger partial charge in [0.25, 0.3) is 11.5 Å². The van der Waals surface area contributed by atoms with Gasteiger partial charge in [-0.25, -0.2) is 9.78 Å². The topological polar surface area (TPSA) is 83.8 Å². The Balaban J connectivity index is 1.69. The Kier molecular flexibility index (Phi) is 4.03. The summed E-state index contributed by atoms with van der Waals surface area (Å²) in [5.74, 6) is -0.367. The second-order valence-corrected chi connectivity index (χ2v) is 7.28. The first kappa shape index (κ1) is 17.9. The molecule has 4 rings (SSSR count). The van der Waals surface area contributed by atoms with Crippen LogP contribution in [0.5, 0.6) is 0 Å². The summed E-state index contributed by atoms with van der Waals surface area (Å²) in [7, 11) is 0. The molecule has 0 aliphatic carbocycles. The molecule has 7 nitrogen and oxygen atoms in total. The van der Waals surface area contributed by atoms with Gasteiger partial charge in [-0.3, -0.25) is 18.9 Å². The smallest absolute Gasteiger partial charge is 0.319 e. The molecule has 3 aromatic rings. The number of aromatic nitrogens is 2. The fraction of sp³-hybridized carbons (Fsp3) is 0.238. The first-order chi connectivity index (χ1) is 13.3. The summed E-state index contributed by atoms with van der Waals surface area (Å²) in [6.45, 7) is 5.43. The van der Waals surface area contributed by atoms with E-state index in [1.165, 1.54) is 10.5 Å². The molecule has 0 spiro atoms. The number of pyridine rings is 1. The molecular formula is C21H20N4O3. The van der Waals surface area contributed by atoms with E-state index in [0.29, 0.717) is 16.9 Å².